The van der Waals surface area contributed by atoms with Crippen molar-refractivity contribution in [2.75, 3.05) is 6.61 Å². The van der Waals surface area contributed by atoms with Crippen LogP contribution in [0.4, 0.5) is 4.39 Å². The van der Waals surface area contributed by atoms with Crippen LogP contribution in [-0.4, -0.2) is 28.3 Å². The third-order valence-corrected chi connectivity index (χ3v) is 5.53. The molecule has 156 valence electrons. The van der Waals surface area contributed by atoms with E-state index in [1.165, 1.54) is 6.07 Å². The van der Waals surface area contributed by atoms with E-state index in [-0.39, 0.29) is 23.5 Å². The van der Waals surface area contributed by atoms with Crippen molar-refractivity contribution in [3.63, 3.8) is 0 Å². The first-order chi connectivity index (χ1) is 15.1. The van der Waals surface area contributed by atoms with Gasteiger partial charge in [0, 0.05) is 24.6 Å². The summed E-state index contributed by atoms with van der Waals surface area (Å²) >= 11 is 0. The van der Waals surface area contributed by atoms with Crippen molar-refractivity contribution in [3.8, 4) is 17.7 Å². The first-order valence-electron chi connectivity index (χ1n) is 10.1. The van der Waals surface area contributed by atoms with Gasteiger partial charge in [0.05, 0.1) is 17.7 Å². The predicted molar refractivity (Wildman–Crippen MR) is 108 cm³/mol. The Bertz CT molecular complexity index is 1200. The summed E-state index contributed by atoms with van der Waals surface area (Å²) in [6, 6.07) is 15.2. The fraction of sp³-hybridized carbons (Fsp3) is 0.261. The third kappa shape index (κ3) is 3.70. The molecule has 0 saturated heterocycles. The molecule has 31 heavy (non-hydrogen) atoms. The lowest BCUT2D eigenvalue weighted by molar-refractivity contribution is 0.0909. The second-order valence-corrected chi connectivity index (χ2v) is 7.63. The van der Waals surface area contributed by atoms with Crippen LogP contribution in [0.25, 0.3) is 0 Å². The van der Waals surface area contributed by atoms with Crippen molar-refractivity contribution in [1.82, 2.24) is 15.1 Å². The fourth-order valence-corrected chi connectivity index (χ4v) is 3.98. The monoisotopic (exact) mass is 418 g/mol. The van der Waals surface area contributed by atoms with Crippen LogP contribution >= 0.6 is 0 Å². The number of hydrogen-bond acceptors (Lipinski definition) is 5. The van der Waals surface area contributed by atoms with Gasteiger partial charge >= 0.3 is 0 Å². The number of nitriles is 1. The summed E-state index contributed by atoms with van der Waals surface area (Å²) < 4.78 is 27.4. The Morgan fingerprint density at radius 3 is 2.97 bits per heavy atom. The zero-order valence-electron chi connectivity index (χ0n) is 16.5. The molecule has 1 N–H and O–H groups in total. The van der Waals surface area contributed by atoms with Gasteiger partial charge in [-0.2, -0.15) is 10.4 Å². The number of ether oxygens (including phenoxy) is 2. The molecule has 2 aliphatic heterocycles. The summed E-state index contributed by atoms with van der Waals surface area (Å²) in [5.74, 6) is 0.528. The van der Waals surface area contributed by atoms with E-state index in [0.29, 0.717) is 43.0 Å². The molecule has 0 aliphatic carbocycles. The number of fused-ring (bicyclic) bond motifs is 2. The highest BCUT2D eigenvalue weighted by Gasteiger charge is 2.28. The molecule has 7 nitrogen and oxygen atoms in total. The van der Waals surface area contributed by atoms with Gasteiger partial charge in [0.2, 0.25) is 5.88 Å². The lowest BCUT2D eigenvalue weighted by Gasteiger charge is -2.25. The maximum atomic E-state index is 14.1. The van der Waals surface area contributed by atoms with Crippen LogP contribution in [0.3, 0.4) is 0 Å². The Morgan fingerprint density at radius 2 is 2.13 bits per heavy atom. The highest BCUT2D eigenvalue weighted by molar-refractivity contribution is 5.92. The van der Waals surface area contributed by atoms with Crippen molar-refractivity contribution in [3.05, 3.63) is 76.7 Å². The Balaban J connectivity index is 1.28. The van der Waals surface area contributed by atoms with Gasteiger partial charge in [-0.25, -0.2) is 9.07 Å². The highest BCUT2D eigenvalue weighted by atomic mass is 19.1. The number of aromatic nitrogens is 2. The quantitative estimate of drug-likeness (QED) is 0.706. The molecule has 8 heteroatoms. The van der Waals surface area contributed by atoms with Crippen LogP contribution < -0.4 is 14.8 Å². The number of hydrogen-bond donors (Lipinski definition) is 1. The SMILES string of the molecule is N#Cc1ccc2c(c1)C[C@@H](NC(=O)c1cc3n(n1)CCC(c1ccccc1F)O3)CO2. The Kier molecular flexibility index (Phi) is 4.79. The van der Waals surface area contributed by atoms with E-state index >= 15 is 0 Å². The van der Waals surface area contributed by atoms with Gasteiger partial charge in [-0.1, -0.05) is 18.2 Å². The lowest BCUT2D eigenvalue weighted by atomic mass is 10.0. The van der Waals surface area contributed by atoms with Crippen molar-refractivity contribution >= 4 is 5.91 Å². The fourth-order valence-electron chi connectivity index (χ4n) is 3.98. The number of carbonyl (C=O) groups excluding carboxylic acids is 1. The molecular formula is C23H19FN4O3. The van der Waals surface area contributed by atoms with E-state index in [1.54, 1.807) is 47.1 Å². The van der Waals surface area contributed by atoms with Crippen LogP contribution in [0, 0.1) is 17.1 Å². The third-order valence-electron chi connectivity index (χ3n) is 5.53. The van der Waals surface area contributed by atoms with Crippen LogP contribution in [0.15, 0.2) is 48.5 Å². The maximum Gasteiger partial charge on any atom is 0.272 e. The predicted octanol–water partition coefficient (Wildman–Crippen LogP) is 3.15. The topological polar surface area (TPSA) is 89.2 Å². The van der Waals surface area contributed by atoms with Crippen LogP contribution in [0.1, 0.15) is 39.7 Å². The first-order valence-corrected chi connectivity index (χ1v) is 10.1. The van der Waals surface area contributed by atoms with E-state index in [1.807, 2.05) is 0 Å². The number of halogens is 1. The summed E-state index contributed by atoms with van der Waals surface area (Å²) in [5, 5.41) is 16.4. The van der Waals surface area contributed by atoms with Gasteiger partial charge in [-0.15, -0.1) is 0 Å². The molecule has 0 fully saturated rings. The van der Waals surface area contributed by atoms with Crippen LogP contribution in [0.2, 0.25) is 0 Å². The normalized spacial score (nSPS) is 19.2. The van der Waals surface area contributed by atoms with E-state index in [9.17, 15) is 9.18 Å². The number of aryl methyl sites for hydroxylation is 1. The number of carbonyl (C=O) groups is 1. The molecule has 2 aromatic carbocycles. The molecule has 0 saturated carbocycles. The molecule has 3 aromatic rings. The second-order valence-electron chi connectivity index (χ2n) is 7.63. The van der Waals surface area contributed by atoms with E-state index < -0.39 is 6.10 Å². The van der Waals surface area contributed by atoms with Gasteiger partial charge in [0.25, 0.3) is 5.91 Å². The van der Waals surface area contributed by atoms with Crippen molar-refractivity contribution in [2.45, 2.75) is 31.5 Å². The number of rotatable bonds is 3. The van der Waals surface area contributed by atoms with Gasteiger partial charge in [0.15, 0.2) is 5.69 Å². The average Bonchev–Trinajstić information content (AvgIpc) is 3.22. The van der Waals surface area contributed by atoms with E-state index in [2.05, 4.69) is 16.5 Å². The van der Waals surface area contributed by atoms with Crippen molar-refractivity contribution in [2.24, 2.45) is 0 Å². The molecule has 2 atom stereocenters. The summed E-state index contributed by atoms with van der Waals surface area (Å²) in [5.41, 5.74) is 2.17. The molecule has 0 radical (unpaired) electrons. The van der Waals surface area contributed by atoms with Gasteiger partial charge < -0.3 is 14.8 Å². The second kappa shape index (κ2) is 7.76. The summed E-state index contributed by atoms with van der Waals surface area (Å²) in [4.78, 5) is 12.8. The van der Waals surface area contributed by atoms with E-state index in [4.69, 9.17) is 14.7 Å². The number of benzene rings is 2. The number of amides is 1. The van der Waals surface area contributed by atoms with E-state index in [0.717, 1.165) is 11.3 Å². The smallest absolute Gasteiger partial charge is 0.272 e. The molecule has 1 amide bonds. The molecule has 1 aromatic heterocycles. The van der Waals surface area contributed by atoms with Crippen LogP contribution in [-0.2, 0) is 13.0 Å². The van der Waals surface area contributed by atoms with Gasteiger partial charge in [-0.05, 0) is 36.2 Å². The molecule has 1 unspecified atom stereocenters. The Labute approximate surface area is 178 Å². The molecule has 5 rings (SSSR count). The highest BCUT2D eigenvalue weighted by Crippen LogP contribution is 2.32. The standard InChI is InChI=1S/C23H19FN4O3/c24-18-4-2-1-3-17(18)21-7-8-28-22(31-21)11-19(27-28)23(29)26-16-10-15-9-14(12-25)5-6-20(15)30-13-16/h1-6,9,11,16,21H,7-8,10,13H2,(H,26,29)/t16-,21?/m1/s1. The molecule has 2 aliphatic rings. The Hall–Kier alpha value is -3.86. The zero-order chi connectivity index (χ0) is 21.4. The average molecular weight is 418 g/mol. The minimum absolute atomic E-state index is 0.236. The first kappa shape index (κ1) is 19.1. The van der Waals surface area contributed by atoms with Gasteiger partial charge in [0.1, 0.15) is 24.3 Å². The number of nitrogens with one attached hydrogen (secondary N) is 1. The van der Waals surface area contributed by atoms with Crippen molar-refractivity contribution < 1.29 is 18.7 Å². The summed E-state index contributed by atoms with van der Waals surface area (Å²) in [7, 11) is 0. The zero-order valence-corrected chi connectivity index (χ0v) is 16.5. The Morgan fingerprint density at radius 1 is 1.26 bits per heavy atom. The molecule has 0 spiro atoms. The molecule has 0 bridgehead atoms. The maximum absolute atomic E-state index is 14.1. The van der Waals surface area contributed by atoms with Gasteiger partial charge in [-0.3, -0.25) is 4.79 Å². The molecule has 3 heterocycles. The lowest BCUT2D eigenvalue weighted by Crippen LogP contribution is -2.42. The summed E-state index contributed by atoms with van der Waals surface area (Å²) in [6.07, 6.45) is 0.708. The number of nitrogens with zero attached hydrogens (tertiary/aromatic N) is 3. The minimum atomic E-state index is -0.418. The van der Waals surface area contributed by atoms with Crippen molar-refractivity contribution in [1.29, 1.82) is 5.26 Å². The summed E-state index contributed by atoms with van der Waals surface area (Å²) in [6.45, 7) is 0.864. The van der Waals surface area contributed by atoms with Crippen LogP contribution in [0.5, 0.6) is 11.6 Å². The molecular weight excluding hydrogens is 399 g/mol. The minimum Gasteiger partial charge on any atom is -0.491 e. The largest absolute Gasteiger partial charge is 0.491 e.